The van der Waals surface area contributed by atoms with E-state index in [1.165, 1.54) is 7.11 Å². The highest BCUT2D eigenvalue weighted by Crippen LogP contribution is 2.36. The number of hydrogen-bond donors (Lipinski definition) is 0. The summed E-state index contributed by atoms with van der Waals surface area (Å²) in [6.07, 6.45) is 1.40. The van der Waals surface area contributed by atoms with E-state index in [4.69, 9.17) is 14.0 Å². The van der Waals surface area contributed by atoms with Crippen molar-refractivity contribution in [3.8, 4) is 0 Å². The molecule has 2 aliphatic heterocycles. The number of nitrogens with zero attached hydrogens (tertiary/aromatic N) is 2. The first-order chi connectivity index (χ1) is 10.5. The summed E-state index contributed by atoms with van der Waals surface area (Å²) < 4.78 is 15.5. The van der Waals surface area contributed by atoms with Crippen molar-refractivity contribution in [2.75, 3.05) is 7.11 Å². The van der Waals surface area contributed by atoms with Crippen LogP contribution in [0.1, 0.15) is 42.4 Å². The molecule has 0 bridgehead atoms. The van der Waals surface area contributed by atoms with Crippen LogP contribution in [0.2, 0.25) is 0 Å². The van der Waals surface area contributed by atoms with Gasteiger partial charge in [-0.2, -0.15) is 0 Å². The van der Waals surface area contributed by atoms with Crippen molar-refractivity contribution in [1.82, 2.24) is 10.1 Å². The lowest BCUT2D eigenvalue weighted by Crippen LogP contribution is -2.53. The van der Waals surface area contributed by atoms with Gasteiger partial charge in [-0.05, 0) is 26.7 Å². The number of likely N-dealkylation sites (tertiary alicyclic amines) is 1. The summed E-state index contributed by atoms with van der Waals surface area (Å²) in [6, 6.07) is 1.58. The van der Waals surface area contributed by atoms with E-state index in [1.807, 2.05) is 6.92 Å². The fourth-order valence-electron chi connectivity index (χ4n) is 3.39. The maximum atomic E-state index is 12.7. The molecule has 7 heteroatoms. The number of rotatable bonds is 2. The molecule has 2 aliphatic rings. The molecule has 2 saturated heterocycles. The second-order valence-electron chi connectivity index (χ2n) is 5.95. The highest BCUT2D eigenvalue weighted by atomic mass is 16.6. The Labute approximate surface area is 128 Å². The van der Waals surface area contributed by atoms with Gasteiger partial charge in [0, 0.05) is 18.5 Å². The highest BCUT2D eigenvalue weighted by Gasteiger charge is 2.48. The minimum atomic E-state index is -0.598. The van der Waals surface area contributed by atoms with Gasteiger partial charge in [0.15, 0.2) is 11.8 Å². The second kappa shape index (κ2) is 5.72. The molecule has 0 saturated carbocycles. The highest BCUT2D eigenvalue weighted by molar-refractivity contribution is 5.93. The summed E-state index contributed by atoms with van der Waals surface area (Å²) in [5.74, 6) is 0.0413. The summed E-state index contributed by atoms with van der Waals surface area (Å²) in [6.45, 7) is 3.75. The predicted octanol–water partition coefficient (Wildman–Crippen LogP) is 1.31. The quantitative estimate of drug-likeness (QED) is 0.766. The molecule has 1 aromatic heterocycles. The number of piperidine rings is 1. The summed E-state index contributed by atoms with van der Waals surface area (Å²) in [5.41, 5.74) is 0.298. The Bertz CT molecular complexity index is 584. The minimum absolute atomic E-state index is 0.0748. The predicted molar refractivity (Wildman–Crippen MR) is 75.2 cm³/mol. The van der Waals surface area contributed by atoms with Crippen LogP contribution >= 0.6 is 0 Å². The number of esters is 1. The number of carbonyl (C=O) groups excluding carboxylic acids is 2. The summed E-state index contributed by atoms with van der Waals surface area (Å²) >= 11 is 0. The van der Waals surface area contributed by atoms with Crippen molar-refractivity contribution in [2.45, 2.75) is 57.4 Å². The fourth-order valence-corrected chi connectivity index (χ4v) is 3.39. The van der Waals surface area contributed by atoms with Crippen molar-refractivity contribution in [1.29, 1.82) is 0 Å². The van der Waals surface area contributed by atoms with E-state index in [-0.39, 0.29) is 30.1 Å². The number of amides is 1. The van der Waals surface area contributed by atoms with Gasteiger partial charge in [-0.25, -0.2) is 4.79 Å². The van der Waals surface area contributed by atoms with E-state index in [0.717, 1.165) is 12.8 Å². The van der Waals surface area contributed by atoms with E-state index in [0.29, 0.717) is 17.9 Å². The SMILES string of the molecule is COC(=O)C1CC2C(CCC(C)N2C(=O)c2cc(C)on2)O1. The van der Waals surface area contributed by atoms with Gasteiger partial charge < -0.3 is 18.9 Å². The molecule has 0 radical (unpaired) electrons. The molecule has 0 aliphatic carbocycles. The lowest BCUT2D eigenvalue weighted by Gasteiger charge is -2.41. The molecule has 2 fully saturated rings. The summed E-state index contributed by atoms with van der Waals surface area (Å²) in [4.78, 5) is 26.2. The van der Waals surface area contributed by atoms with Crippen LogP contribution < -0.4 is 0 Å². The Hall–Kier alpha value is -1.89. The standard InChI is InChI=1S/C15H20N2O5/c1-8-4-5-12-11(7-13(21-12)15(19)20-3)17(8)14(18)10-6-9(2)22-16-10/h6,8,11-13H,4-5,7H2,1-3H3. The largest absolute Gasteiger partial charge is 0.467 e. The maximum Gasteiger partial charge on any atom is 0.335 e. The number of fused-ring (bicyclic) bond motifs is 1. The molecular weight excluding hydrogens is 288 g/mol. The average Bonchev–Trinajstić information content (AvgIpc) is 3.11. The monoisotopic (exact) mass is 308 g/mol. The zero-order valence-electron chi connectivity index (χ0n) is 12.9. The van der Waals surface area contributed by atoms with Crippen molar-refractivity contribution in [3.63, 3.8) is 0 Å². The van der Waals surface area contributed by atoms with Crippen LogP contribution in [0, 0.1) is 6.92 Å². The van der Waals surface area contributed by atoms with E-state index in [1.54, 1.807) is 17.9 Å². The van der Waals surface area contributed by atoms with Crippen molar-refractivity contribution in [3.05, 3.63) is 17.5 Å². The third kappa shape index (κ3) is 2.49. The smallest absolute Gasteiger partial charge is 0.335 e. The van der Waals surface area contributed by atoms with Gasteiger partial charge in [0.05, 0.1) is 19.3 Å². The molecule has 1 aromatic rings. The lowest BCUT2D eigenvalue weighted by atomic mass is 9.92. The van der Waals surface area contributed by atoms with Gasteiger partial charge in [-0.1, -0.05) is 5.16 Å². The number of hydrogen-bond acceptors (Lipinski definition) is 6. The number of carbonyl (C=O) groups is 2. The Morgan fingerprint density at radius 1 is 1.41 bits per heavy atom. The van der Waals surface area contributed by atoms with Crippen molar-refractivity contribution < 1.29 is 23.6 Å². The minimum Gasteiger partial charge on any atom is -0.467 e. The van der Waals surface area contributed by atoms with Crippen molar-refractivity contribution >= 4 is 11.9 Å². The van der Waals surface area contributed by atoms with Gasteiger partial charge in [-0.3, -0.25) is 4.79 Å². The molecule has 3 heterocycles. The third-order valence-corrected chi connectivity index (χ3v) is 4.47. The number of ether oxygens (including phenoxy) is 2. The molecule has 4 unspecified atom stereocenters. The van der Waals surface area contributed by atoms with E-state index < -0.39 is 6.10 Å². The summed E-state index contributed by atoms with van der Waals surface area (Å²) in [7, 11) is 1.34. The Kier molecular flexibility index (Phi) is 3.90. The van der Waals surface area contributed by atoms with Crippen LogP contribution in [0.15, 0.2) is 10.6 Å². The average molecular weight is 308 g/mol. The van der Waals surface area contributed by atoms with Crippen LogP contribution in [0.4, 0.5) is 0 Å². The number of methoxy groups -OCH3 is 1. The molecule has 0 spiro atoms. The zero-order chi connectivity index (χ0) is 15.9. The fraction of sp³-hybridized carbons (Fsp3) is 0.667. The molecule has 120 valence electrons. The normalized spacial score (nSPS) is 31.0. The first-order valence-corrected chi connectivity index (χ1v) is 7.50. The van der Waals surface area contributed by atoms with Crippen molar-refractivity contribution in [2.24, 2.45) is 0 Å². The molecule has 7 nitrogen and oxygen atoms in total. The first-order valence-electron chi connectivity index (χ1n) is 7.50. The molecular formula is C15H20N2O5. The Balaban J connectivity index is 1.82. The second-order valence-corrected chi connectivity index (χ2v) is 5.95. The van der Waals surface area contributed by atoms with E-state index >= 15 is 0 Å². The van der Waals surface area contributed by atoms with Gasteiger partial charge >= 0.3 is 5.97 Å². The molecule has 3 rings (SSSR count). The van der Waals surface area contributed by atoms with Crippen LogP contribution in [-0.4, -0.2) is 53.3 Å². The van der Waals surface area contributed by atoms with Crippen LogP contribution in [0.3, 0.4) is 0 Å². The van der Waals surface area contributed by atoms with Gasteiger partial charge in [0.2, 0.25) is 0 Å². The van der Waals surface area contributed by atoms with Gasteiger partial charge in [0.25, 0.3) is 5.91 Å². The Morgan fingerprint density at radius 2 is 2.18 bits per heavy atom. The topological polar surface area (TPSA) is 81.9 Å². The zero-order valence-corrected chi connectivity index (χ0v) is 12.9. The molecule has 0 N–H and O–H groups in total. The third-order valence-electron chi connectivity index (χ3n) is 4.47. The van der Waals surface area contributed by atoms with Crippen LogP contribution in [-0.2, 0) is 14.3 Å². The maximum absolute atomic E-state index is 12.7. The number of aryl methyl sites for hydroxylation is 1. The summed E-state index contributed by atoms with van der Waals surface area (Å²) in [5, 5.41) is 3.81. The van der Waals surface area contributed by atoms with E-state index in [9.17, 15) is 9.59 Å². The van der Waals surface area contributed by atoms with Crippen LogP contribution in [0.5, 0.6) is 0 Å². The van der Waals surface area contributed by atoms with Crippen LogP contribution in [0.25, 0.3) is 0 Å². The van der Waals surface area contributed by atoms with Gasteiger partial charge in [0.1, 0.15) is 5.76 Å². The lowest BCUT2D eigenvalue weighted by molar-refractivity contribution is -0.153. The number of aromatic nitrogens is 1. The molecule has 4 atom stereocenters. The molecule has 22 heavy (non-hydrogen) atoms. The van der Waals surface area contributed by atoms with Gasteiger partial charge in [-0.15, -0.1) is 0 Å². The molecule has 0 aromatic carbocycles. The Morgan fingerprint density at radius 3 is 2.82 bits per heavy atom. The first kappa shape index (κ1) is 15.0. The van der Waals surface area contributed by atoms with E-state index in [2.05, 4.69) is 5.16 Å². The molecule has 1 amide bonds.